The summed E-state index contributed by atoms with van der Waals surface area (Å²) >= 11 is 0. The van der Waals surface area contributed by atoms with Crippen molar-refractivity contribution in [2.75, 3.05) is 5.32 Å². The average molecular weight is 283 g/mol. The van der Waals surface area contributed by atoms with Gasteiger partial charge in [0.25, 0.3) is 5.91 Å². The highest BCUT2D eigenvalue weighted by molar-refractivity contribution is 6.02. The second kappa shape index (κ2) is 5.49. The molecule has 1 N–H and O–H groups in total. The number of imidazole rings is 1. The van der Waals surface area contributed by atoms with E-state index in [-0.39, 0.29) is 11.4 Å². The maximum absolute atomic E-state index is 13.5. The van der Waals surface area contributed by atoms with E-state index in [1.54, 1.807) is 41.5 Å². The maximum Gasteiger partial charge on any atom is 0.276 e. The Morgan fingerprint density at radius 3 is 2.67 bits per heavy atom. The summed E-state index contributed by atoms with van der Waals surface area (Å²) in [4.78, 5) is 15.9. The molecule has 3 rings (SSSR count). The average Bonchev–Trinajstić information content (AvgIpc) is 3.04. The molecule has 0 aliphatic rings. The molecule has 6 nitrogen and oxygen atoms in total. The van der Waals surface area contributed by atoms with Crippen LogP contribution in [-0.2, 0) is 0 Å². The van der Waals surface area contributed by atoms with Crippen molar-refractivity contribution in [2.24, 2.45) is 0 Å². The summed E-state index contributed by atoms with van der Waals surface area (Å²) < 4.78 is 15.1. The standard InChI is InChI=1S/C14H10FN5O/c15-10-3-1-2-4-11(10)17-14(21)12-5-6-13(19-18-12)20-8-7-16-9-20/h1-9H,(H,17,21). The molecule has 2 heterocycles. The van der Waals surface area contributed by atoms with Crippen LogP contribution in [0.25, 0.3) is 5.82 Å². The normalized spacial score (nSPS) is 10.3. The Labute approximate surface area is 119 Å². The smallest absolute Gasteiger partial charge is 0.276 e. The fraction of sp³-hybridized carbons (Fsp3) is 0. The predicted octanol–water partition coefficient (Wildman–Crippen LogP) is 2.05. The molecular formula is C14H10FN5O. The highest BCUT2D eigenvalue weighted by atomic mass is 19.1. The lowest BCUT2D eigenvalue weighted by atomic mass is 10.3. The Balaban J connectivity index is 1.78. The highest BCUT2D eigenvalue weighted by Crippen LogP contribution is 2.13. The summed E-state index contributed by atoms with van der Waals surface area (Å²) in [6.07, 6.45) is 4.90. The Morgan fingerprint density at radius 1 is 1.14 bits per heavy atom. The number of hydrogen-bond donors (Lipinski definition) is 1. The molecule has 0 saturated heterocycles. The van der Waals surface area contributed by atoms with Gasteiger partial charge in [-0.15, -0.1) is 10.2 Å². The van der Waals surface area contributed by atoms with Gasteiger partial charge in [0.1, 0.15) is 12.1 Å². The molecule has 0 aliphatic heterocycles. The summed E-state index contributed by atoms with van der Waals surface area (Å²) in [5, 5.41) is 10.2. The molecule has 0 fully saturated rings. The van der Waals surface area contributed by atoms with Gasteiger partial charge in [-0.05, 0) is 24.3 Å². The lowest BCUT2D eigenvalue weighted by Crippen LogP contribution is -2.15. The summed E-state index contributed by atoms with van der Waals surface area (Å²) in [5.74, 6) is -0.492. The number of aromatic nitrogens is 4. The number of benzene rings is 1. The zero-order chi connectivity index (χ0) is 14.7. The van der Waals surface area contributed by atoms with Gasteiger partial charge < -0.3 is 5.32 Å². The van der Waals surface area contributed by atoms with Crippen LogP contribution in [0.5, 0.6) is 0 Å². The second-order valence-corrected chi connectivity index (χ2v) is 4.18. The van der Waals surface area contributed by atoms with Gasteiger partial charge in [-0.3, -0.25) is 9.36 Å². The van der Waals surface area contributed by atoms with Crippen LogP contribution in [0.15, 0.2) is 55.1 Å². The first-order chi connectivity index (χ1) is 10.2. The molecule has 3 aromatic rings. The van der Waals surface area contributed by atoms with Crippen molar-refractivity contribution in [3.63, 3.8) is 0 Å². The molecule has 0 radical (unpaired) electrons. The topological polar surface area (TPSA) is 72.7 Å². The van der Waals surface area contributed by atoms with Crippen molar-refractivity contribution < 1.29 is 9.18 Å². The molecule has 0 bridgehead atoms. The van der Waals surface area contributed by atoms with E-state index in [1.165, 1.54) is 18.2 Å². The molecule has 0 spiro atoms. The van der Waals surface area contributed by atoms with Crippen LogP contribution in [0, 0.1) is 5.82 Å². The van der Waals surface area contributed by atoms with E-state index in [2.05, 4.69) is 20.5 Å². The molecular weight excluding hydrogens is 273 g/mol. The van der Waals surface area contributed by atoms with Gasteiger partial charge in [-0.25, -0.2) is 9.37 Å². The van der Waals surface area contributed by atoms with Crippen LogP contribution < -0.4 is 5.32 Å². The Kier molecular flexibility index (Phi) is 3.38. The number of carbonyl (C=O) groups is 1. The van der Waals surface area contributed by atoms with Gasteiger partial charge in [0.05, 0.1) is 5.69 Å². The number of amides is 1. The van der Waals surface area contributed by atoms with Crippen LogP contribution in [0.2, 0.25) is 0 Å². The van der Waals surface area contributed by atoms with E-state index in [1.807, 2.05) is 0 Å². The van der Waals surface area contributed by atoms with Crippen molar-refractivity contribution in [1.29, 1.82) is 0 Å². The number of nitrogens with one attached hydrogen (secondary N) is 1. The van der Waals surface area contributed by atoms with Crippen LogP contribution >= 0.6 is 0 Å². The summed E-state index contributed by atoms with van der Waals surface area (Å²) in [6, 6.07) is 9.06. The second-order valence-electron chi connectivity index (χ2n) is 4.18. The zero-order valence-corrected chi connectivity index (χ0v) is 10.8. The number of hydrogen-bond acceptors (Lipinski definition) is 4. The first-order valence-corrected chi connectivity index (χ1v) is 6.12. The molecule has 0 aliphatic carbocycles. The predicted molar refractivity (Wildman–Crippen MR) is 73.5 cm³/mol. The van der Waals surface area contributed by atoms with Gasteiger partial charge in [0, 0.05) is 12.4 Å². The lowest BCUT2D eigenvalue weighted by Gasteiger charge is -2.05. The molecule has 7 heteroatoms. The highest BCUT2D eigenvalue weighted by Gasteiger charge is 2.11. The van der Waals surface area contributed by atoms with Gasteiger partial charge in [-0.1, -0.05) is 12.1 Å². The van der Waals surface area contributed by atoms with Gasteiger partial charge in [0.15, 0.2) is 11.5 Å². The van der Waals surface area contributed by atoms with E-state index in [0.717, 1.165) is 0 Å². The minimum atomic E-state index is -0.523. The number of carbonyl (C=O) groups excluding carboxylic acids is 1. The number of halogens is 1. The molecule has 0 atom stereocenters. The van der Waals surface area contributed by atoms with Crippen LogP contribution in [-0.4, -0.2) is 25.7 Å². The van der Waals surface area contributed by atoms with Crippen LogP contribution in [0.1, 0.15) is 10.5 Å². The number of rotatable bonds is 3. The fourth-order valence-corrected chi connectivity index (χ4v) is 1.73. The number of anilines is 1. The maximum atomic E-state index is 13.5. The van der Waals surface area contributed by atoms with E-state index in [0.29, 0.717) is 5.82 Å². The third-order valence-corrected chi connectivity index (χ3v) is 2.77. The molecule has 1 amide bonds. The van der Waals surface area contributed by atoms with E-state index < -0.39 is 11.7 Å². The Morgan fingerprint density at radius 2 is 2.00 bits per heavy atom. The van der Waals surface area contributed by atoms with Crippen molar-refractivity contribution in [3.05, 3.63) is 66.6 Å². The Hall–Kier alpha value is -3.09. The van der Waals surface area contributed by atoms with E-state index in [4.69, 9.17) is 0 Å². The molecule has 0 unspecified atom stereocenters. The summed E-state index contributed by atoms with van der Waals surface area (Å²) in [7, 11) is 0. The number of nitrogens with zero attached hydrogens (tertiary/aromatic N) is 4. The summed E-state index contributed by atoms with van der Waals surface area (Å²) in [5.41, 5.74) is 0.199. The zero-order valence-electron chi connectivity index (χ0n) is 10.8. The quantitative estimate of drug-likeness (QED) is 0.798. The third-order valence-electron chi connectivity index (χ3n) is 2.77. The first-order valence-electron chi connectivity index (χ1n) is 6.12. The summed E-state index contributed by atoms with van der Waals surface area (Å²) in [6.45, 7) is 0. The lowest BCUT2D eigenvalue weighted by molar-refractivity contribution is 0.102. The van der Waals surface area contributed by atoms with Gasteiger partial charge >= 0.3 is 0 Å². The van der Waals surface area contributed by atoms with E-state index >= 15 is 0 Å². The SMILES string of the molecule is O=C(Nc1ccccc1F)c1ccc(-n2ccnc2)nn1. The van der Waals surface area contributed by atoms with Crippen molar-refractivity contribution in [1.82, 2.24) is 19.7 Å². The largest absolute Gasteiger partial charge is 0.318 e. The molecule has 21 heavy (non-hydrogen) atoms. The minimum absolute atomic E-state index is 0.0992. The van der Waals surface area contributed by atoms with Crippen molar-refractivity contribution in [3.8, 4) is 5.82 Å². The molecule has 2 aromatic heterocycles. The van der Waals surface area contributed by atoms with E-state index in [9.17, 15) is 9.18 Å². The minimum Gasteiger partial charge on any atom is -0.318 e. The molecule has 1 aromatic carbocycles. The fourth-order valence-electron chi connectivity index (χ4n) is 1.73. The number of para-hydroxylation sites is 1. The third kappa shape index (κ3) is 2.76. The molecule has 104 valence electrons. The van der Waals surface area contributed by atoms with Crippen LogP contribution in [0.3, 0.4) is 0 Å². The van der Waals surface area contributed by atoms with Crippen molar-refractivity contribution >= 4 is 11.6 Å². The van der Waals surface area contributed by atoms with Crippen LogP contribution in [0.4, 0.5) is 10.1 Å². The first kappa shape index (κ1) is 12.9. The molecule has 0 saturated carbocycles. The monoisotopic (exact) mass is 283 g/mol. The van der Waals surface area contributed by atoms with Crippen molar-refractivity contribution in [2.45, 2.75) is 0 Å². The Bertz CT molecular complexity index is 755. The van der Waals surface area contributed by atoms with Gasteiger partial charge in [0.2, 0.25) is 0 Å². The van der Waals surface area contributed by atoms with Gasteiger partial charge in [-0.2, -0.15) is 0 Å².